The van der Waals surface area contributed by atoms with Gasteiger partial charge in [0.15, 0.2) is 0 Å². The Morgan fingerprint density at radius 2 is 2.17 bits per heavy atom. The van der Waals surface area contributed by atoms with Gasteiger partial charge in [-0.25, -0.2) is 4.39 Å². The minimum atomic E-state index is -0.185. The second-order valence-electron chi connectivity index (χ2n) is 5.01. The highest BCUT2D eigenvalue weighted by Gasteiger charge is 2.21. The fourth-order valence-electron chi connectivity index (χ4n) is 2.59. The van der Waals surface area contributed by atoms with Gasteiger partial charge in [0.25, 0.3) is 0 Å². The first kappa shape index (κ1) is 13.8. The lowest BCUT2D eigenvalue weighted by Gasteiger charge is -2.27. The van der Waals surface area contributed by atoms with E-state index in [0.29, 0.717) is 5.92 Å². The summed E-state index contributed by atoms with van der Waals surface area (Å²) < 4.78 is 13.4. The van der Waals surface area contributed by atoms with Gasteiger partial charge in [0.2, 0.25) is 0 Å². The standard InChI is InChI=1S/C14H21FN2S/c1-10-2-3-12(15)9-13(10)14(17-16)8-11-4-6-18-7-5-11/h2-3,9,11,14,17H,4-8,16H2,1H3. The number of nitrogens with one attached hydrogen (secondary N) is 1. The van der Waals surface area contributed by atoms with E-state index in [2.05, 4.69) is 5.43 Å². The van der Waals surface area contributed by atoms with Crippen LogP contribution >= 0.6 is 11.8 Å². The zero-order valence-corrected chi connectivity index (χ0v) is 11.6. The van der Waals surface area contributed by atoms with Crippen molar-refractivity contribution in [3.8, 4) is 0 Å². The average Bonchev–Trinajstić information content (AvgIpc) is 2.40. The van der Waals surface area contributed by atoms with Crippen LogP contribution in [0.1, 0.15) is 36.4 Å². The lowest BCUT2D eigenvalue weighted by Crippen LogP contribution is -2.31. The molecule has 1 saturated heterocycles. The molecule has 2 rings (SSSR count). The fourth-order valence-corrected chi connectivity index (χ4v) is 3.79. The second kappa shape index (κ2) is 6.55. The van der Waals surface area contributed by atoms with E-state index in [4.69, 9.17) is 5.84 Å². The zero-order chi connectivity index (χ0) is 13.0. The topological polar surface area (TPSA) is 38.0 Å². The number of rotatable bonds is 4. The third-order valence-corrected chi connectivity index (χ3v) is 4.78. The molecule has 1 heterocycles. The molecule has 0 bridgehead atoms. The third-order valence-electron chi connectivity index (χ3n) is 3.73. The highest BCUT2D eigenvalue weighted by atomic mass is 32.2. The summed E-state index contributed by atoms with van der Waals surface area (Å²) in [6.07, 6.45) is 3.50. The minimum Gasteiger partial charge on any atom is -0.271 e. The van der Waals surface area contributed by atoms with Crippen molar-refractivity contribution in [2.75, 3.05) is 11.5 Å². The van der Waals surface area contributed by atoms with Crippen LogP contribution < -0.4 is 11.3 Å². The van der Waals surface area contributed by atoms with E-state index >= 15 is 0 Å². The number of benzene rings is 1. The van der Waals surface area contributed by atoms with Gasteiger partial charge in [0.05, 0.1) is 0 Å². The first-order valence-electron chi connectivity index (χ1n) is 6.50. The van der Waals surface area contributed by atoms with E-state index in [1.54, 1.807) is 6.07 Å². The van der Waals surface area contributed by atoms with Gasteiger partial charge in [-0.1, -0.05) is 6.07 Å². The van der Waals surface area contributed by atoms with Crippen LogP contribution in [-0.4, -0.2) is 11.5 Å². The highest BCUT2D eigenvalue weighted by Crippen LogP contribution is 2.31. The maximum atomic E-state index is 13.4. The van der Waals surface area contributed by atoms with Crippen molar-refractivity contribution in [2.45, 2.75) is 32.2 Å². The van der Waals surface area contributed by atoms with Gasteiger partial charge in [-0.05, 0) is 66.9 Å². The average molecular weight is 268 g/mol. The molecule has 1 atom stereocenters. The Balaban J connectivity index is 2.09. The van der Waals surface area contributed by atoms with Gasteiger partial charge in [0.1, 0.15) is 5.82 Å². The third kappa shape index (κ3) is 3.46. The van der Waals surface area contributed by atoms with Crippen molar-refractivity contribution in [2.24, 2.45) is 11.8 Å². The van der Waals surface area contributed by atoms with Crippen molar-refractivity contribution >= 4 is 11.8 Å². The van der Waals surface area contributed by atoms with E-state index in [0.717, 1.165) is 17.5 Å². The number of halogens is 1. The summed E-state index contributed by atoms with van der Waals surface area (Å²) in [7, 11) is 0. The monoisotopic (exact) mass is 268 g/mol. The van der Waals surface area contributed by atoms with Gasteiger partial charge >= 0.3 is 0 Å². The largest absolute Gasteiger partial charge is 0.271 e. The zero-order valence-electron chi connectivity index (χ0n) is 10.8. The minimum absolute atomic E-state index is 0.0637. The van der Waals surface area contributed by atoms with Crippen molar-refractivity contribution in [1.29, 1.82) is 0 Å². The van der Waals surface area contributed by atoms with E-state index in [1.807, 2.05) is 24.8 Å². The quantitative estimate of drug-likeness (QED) is 0.650. The van der Waals surface area contributed by atoms with Gasteiger partial charge in [-0.2, -0.15) is 11.8 Å². The molecule has 0 radical (unpaired) electrons. The Morgan fingerprint density at radius 1 is 1.44 bits per heavy atom. The van der Waals surface area contributed by atoms with E-state index < -0.39 is 0 Å². The fraction of sp³-hybridized carbons (Fsp3) is 0.571. The van der Waals surface area contributed by atoms with Crippen LogP contribution in [-0.2, 0) is 0 Å². The molecule has 1 aromatic rings. The van der Waals surface area contributed by atoms with Gasteiger partial charge in [-0.15, -0.1) is 0 Å². The molecule has 1 fully saturated rings. The number of hydrogen-bond donors (Lipinski definition) is 2. The number of thioether (sulfide) groups is 1. The lowest BCUT2D eigenvalue weighted by atomic mass is 9.89. The van der Waals surface area contributed by atoms with Crippen LogP contribution in [0.3, 0.4) is 0 Å². The number of hydrazine groups is 1. The van der Waals surface area contributed by atoms with Gasteiger partial charge in [0, 0.05) is 6.04 Å². The molecular weight excluding hydrogens is 247 g/mol. The number of nitrogens with two attached hydrogens (primary N) is 1. The maximum Gasteiger partial charge on any atom is 0.123 e. The molecule has 3 N–H and O–H groups in total. The lowest BCUT2D eigenvalue weighted by molar-refractivity contribution is 0.372. The molecule has 0 amide bonds. The SMILES string of the molecule is Cc1ccc(F)cc1C(CC1CCSCC1)NN. The predicted octanol–water partition coefficient (Wildman–Crippen LogP) is 3.17. The van der Waals surface area contributed by atoms with Crippen molar-refractivity contribution in [1.82, 2.24) is 5.43 Å². The molecule has 0 aliphatic carbocycles. The molecule has 4 heteroatoms. The van der Waals surface area contributed by atoms with Crippen LogP contribution in [0.25, 0.3) is 0 Å². The molecule has 100 valence electrons. The summed E-state index contributed by atoms with van der Waals surface area (Å²) in [5.41, 5.74) is 4.96. The molecule has 0 aromatic heterocycles. The molecule has 1 aromatic carbocycles. The predicted molar refractivity (Wildman–Crippen MR) is 75.9 cm³/mol. The molecule has 1 unspecified atom stereocenters. The summed E-state index contributed by atoms with van der Waals surface area (Å²) in [4.78, 5) is 0. The van der Waals surface area contributed by atoms with Crippen LogP contribution in [0.15, 0.2) is 18.2 Å². The Hall–Kier alpha value is -0.580. The van der Waals surface area contributed by atoms with E-state index in [-0.39, 0.29) is 11.9 Å². The first-order valence-corrected chi connectivity index (χ1v) is 7.66. The highest BCUT2D eigenvalue weighted by molar-refractivity contribution is 7.99. The summed E-state index contributed by atoms with van der Waals surface area (Å²) in [5.74, 6) is 8.66. The summed E-state index contributed by atoms with van der Waals surface area (Å²) in [6.45, 7) is 2.01. The molecule has 1 aliphatic rings. The molecule has 0 saturated carbocycles. The van der Waals surface area contributed by atoms with E-state index in [9.17, 15) is 4.39 Å². The molecule has 2 nitrogen and oxygen atoms in total. The van der Waals surface area contributed by atoms with Crippen molar-refractivity contribution < 1.29 is 4.39 Å². The maximum absolute atomic E-state index is 13.4. The molecular formula is C14H21FN2S. The number of aryl methyl sites for hydroxylation is 1. The summed E-state index contributed by atoms with van der Waals surface area (Å²) >= 11 is 2.02. The second-order valence-corrected chi connectivity index (χ2v) is 6.24. The normalized spacial score (nSPS) is 18.8. The molecule has 18 heavy (non-hydrogen) atoms. The summed E-state index contributed by atoms with van der Waals surface area (Å²) in [6, 6.07) is 5.00. The Bertz CT molecular complexity index is 391. The van der Waals surface area contributed by atoms with Crippen LogP contribution in [0.2, 0.25) is 0 Å². The van der Waals surface area contributed by atoms with Gasteiger partial charge in [-0.3, -0.25) is 11.3 Å². The van der Waals surface area contributed by atoms with Crippen LogP contribution in [0.5, 0.6) is 0 Å². The molecule has 1 aliphatic heterocycles. The van der Waals surface area contributed by atoms with E-state index in [1.165, 1.54) is 30.4 Å². The smallest absolute Gasteiger partial charge is 0.123 e. The van der Waals surface area contributed by atoms with Crippen molar-refractivity contribution in [3.05, 3.63) is 35.1 Å². The summed E-state index contributed by atoms with van der Waals surface area (Å²) in [5, 5.41) is 0. The number of hydrogen-bond acceptors (Lipinski definition) is 3. The Morgan fingerprint density at radius 3 is 2.83 bits per heavy atom. The van der Waals surface area contributed by atoms with Crippen molar-refractivity contribution in [3.63, 3.8) is 0 Å². The van der Waals surface area contributed by atoms with Crippen LogP contribution in [0.4, 0.5) is 4.39 Å². The Labute approximate surface area is 112 Å². The Kier molecular flexibility index (Phi) is 5.03. The van der Waals surface area contributed by atoms with Crippen LogP contribution in [0, 0.1) is 18.7 Å². The van der Waals surface area contributed by atoms with Gasteiger partial charge < -0.3 is 0 Å². The first-order chi connectivity index (χ1) is 8.70. The molecule has 0 spiro atoms.